The Bertz CT molecular complexity index is 967. The Labute approximate surface area is 215 Å². The second kappa shape index (κ2) is 13.2. The molecular weight excluding hydrogens is 480 g/mol. The van der Waals surface area contributed by atoms with Crippen molar-refractivity contribution in [3.63, 3.8) is 0 Å². The molecule has 1 fully saturated rings. The van der Waals surface area contributed by atoms with E-state index in [0.29, 0.717) is 11.8 Å². The smallest absolute Gasteiger partial charge is 0.0234 e. The minimum absolute atomic E-state index is 0.601. The molecule has 0 aliphatic carbocycles. The highest BCUT2D eigenvalue weighted by Crippen LogP contribution is 2.34. The van der Waals surface area contributed by atoms with Crippen molar-refractivity contribution in [1.82, 2.24) is 9.80 Å². The van der Waals surface area contributed by atoms with Crippen LogP contribution in [-0.2, 0) is 6.54 Å². The summed E-state index contributed by atoms with van der Waals surface area (Å²) < 4.78 is 1.27. The number of hydrogen-bond acceptors (Lipinski definition) is 2. The summed E-state index contributed by atoms with van der Waals surface area (Å²) >= 11 is 3.84. The SMILES string of the molecule is CC(CCC(CCCN1CCN(Cc2ccccc2)CC1)c1ccccc1Br)c1ccccc1. The highest BCUT2D eigenvalue weighted by Gasteiger charge is 2.19. The van der Waals surface area contributed by atoms with Crippen LogP contribution in [0.2, 0.25) is 0 Å². The van der Waals surface area contributed by atoms with Crippen LogP contribution in [0, 0.1) is 0 Å². The van der Waals surface area contributed by atoms with Gasteiger partial charge in [-0.1, -0.05) is 102 Å². The van der Waals surface area contributed by atoms with Gasteiger partial charge in [0.25, 0.3) is 0 Å². The van der Waals surface area contributed by atoms with Gasteiger partial charge in [0.15, 0.2) is 0 Å². The predicted molar refractivity (Wildman–Crippen MR) is 148 cm³/mol. The van der Waals surface area contributed by atoms with Crippen molar-refractivity contribution < 1.29 is 0 Å². The summed E-state index contributed by atoms with van der Waals surface area (Å²) in [4.78, 5) is 5.27. The number of halogens is 1. The molecule has 4 rings (SSSR count). The van der Waals surface area contributed by atoms with E-state index in [1.54, 1.807) is 0 Å². The number of piperazine rings is 1. The maximum absolute atomic E-state index is 3.84. The van der Waals surface area contributed by atoms with Crippen LogP contribution < -0.4 is 0 Å². The summed E-state index contributed by atoms with van der Waals surface area (Å²) in [6, 6.07) is 30.7. The minimum atomic E-state index is 0.601. The zero-order valence-electron chi connectivity index (χ0n) is 20.6. The molecule has 34 heavy (non-hydrogen) atoms. The van der Waals surface area contributed by atoms with E-state index >= 15 is 0 Å². The lowest BCUT2D eigenvalue weighted by molar-refractivity contribution is 0.125. The molecule has 0 aromatic heterocycles. The van der Waals surface area contributed by atoms with E-state index in [4.69, 9.17) is 0 Å². The second-order valence-electron chi connectivity index (χ2n) is 9.85. The highest BCUT2D eigenvalue weighted by atomic mass is 79.9. The summed E-state index contributed by atoms with van der Waals surface area (Å²) in [5.74, 6) is 1.21. The van der Waals surface area contributed by atoms with Crippen molar-refractivity contribution in [3.8, 4) is 0 Å². The van der Waals surface area contributed by atoms with Gasteiger partial charge >= 0.3 is 0 Å². The maximum atomic E-state index is 3.84. The van der Waals surface area contributed by atoms with E-state index in [1.165, 1.54) is 79.6 Å². The summed E-state index contributed by atoms with van der Waals surface area (Å²) in [5, 5.41) is 0. The Morgan fingerprint density at radius 3 is 2.03 bits per heavy atom. The number of benzene rings is 3. The van der Waals surface area contributed by atoms with Crippen LogP contribution in [0.1, 0.15) is 61.1 Å². The monoisotopic (exact) mass is 518 g/mol. The van der Waals surface area contributed by atoms with Gasteiger partial charge in [0, 0.05) is 37.2 Å². The molecule has 0 N–H and O–H groups in total. The predicted octanol–water partition coefficient (Wildman–Crippen LogP) is 7.71. The van der Waals surface area contributed by atoms with Crippen LogP contribution in [0.4, 0.5) is 0 Å². The Morgan fingerprint density at radius 2 is 1.32 bits per heavy atom. The van der Waals surface area contributed by atoms with Crippen LogP contribution in [-0.4, -0.2) is 42.5 Å². The Hall–Kier alpha value is -1.94. The first-order valence-electron chi connectivity index (χ1n) is 13.0. The van der Waals surface area contributed by atoms with Crippen LogP contribution in [0.5, 0.6) is 0 Å². The highest BCUT2D eigenvalue weighted by molar-refractivity contribution is 9.10. The molecule has 2 atom stereocenters. The summed E-state index contributed by atoms with van der Waals surface area (Å²) in [7, 11) is 0. The van der Waals surface area contributed by atoms with E-state index in [1.807, 2.05) is 0 Å². The number of rotatable bonds is 11. The molecule has 0 saturated carbocycles. The fraction of sp³-hybridized carbons (Fsp3) is 0.419. The normalized spacial score (nSPS) is 16.9. The lowest BCUT2D eigenvalue weighted by atomic mass is 9.85. The first-order valence-corrected chi connectivity index (χ1v) is 13.8. The first kappa shape index (κ1) is 25.2. The first-order chi connectivity index (χ1) is 16.7. The van der Waals surface area contributed by atoms with E-state index in [-0.39, 0.29) is 0 Å². The van der Waals surface area contributed by atoms with Crippen molar-refractivity contribution in [2.45, 2.75) is 51.0 Å². The zero-order chi connectivity index (χ0) is 23.6. The third kappa shape index (κ3) is 7.53. The van der Waals surface area contributed by atoms with Gasteiger partial charge in [-0.15, -0.1) is 0 Å². The van der Waals surface area contributed by atoms with Crippen LogP contribution in [0.15, 0.2) is 89.4 Å². The topological polar surface area (TPSA) is 6.48 Å². The molecule has 1 saturated heterocycles. The molecule has 2 nitrogen and oxygen atoms in total. The fourth-order valence-corrected chi connectivity index (χ4v) is 5.84. The second-order valence-corrected chi connectivity index (χ2v) is 10.7. The average Bonchev–Trinajstić information content (AvgIpc) is 2.88. The minimum Gasteiger partial charge on any atom is -0.301 e. The molecule has 1 aliphatic rings. The van der Waals surface area contributed by atoms with Crippen molar-refractivity contribution in [1.29, 1.82) is 0 Å². The van der Waals surface area contributed by atoms with E-state index < -0.39 is 0 Å². The Morgan fingerprint density at radius 1 is 0.706 bits per heavy atom. The Balaban J connectivity index is 1.26. The number of hydrogen-bond donors (Lipinski definition) is 0. The van der Waals surface area contributed by atoms with Gasteiger partial charge in [0.2, 0.25) is 0 Å². The van der Waals surface area contributed by atoms with Gasteiger partial charge in [-0.25, -0.2) is 0 Å². The molecule has 0 radical (unpaired) electrons. The van der Waals surface area contributed by atoms with Crippen molar-refractivity contribution in [2.75, 3.05) is 32.7 Å². The molecule has 2 unspecified atom stereocenters. The number of nitrogens with zero attached hydrogens (tertiary/aromatic N) is 2. The molecule has 3 aromatic carbocycles. The van der Waals surface area contributed by atoms with E-state index in [9.17, 15) is 0 Å². The molecular formula is C31H39BrN2. The summed E-state index contributed by atoms with van der Waals surface area (Å²) in [5.41, 5.74) is 4.37. The molecule has 3 aromatic rings. The maximum Gasteiger partial charge on any atom is 0.0234 e. The Kier molecular flexibility index (Phi) is 9.79. The third-order valence-corrected chi connectivity index (χ3v) is 8.12. The average molecular weight is 520 g/mol. The summed E-state index contributed by atoms with van der Waals surface area (Å²) in [6.07, 6.45) is 5.00. The van der Waals surface area contributed by atoms with Gasteiger partial charge in [-0.2, -0.15) is 0 Å². The van der Waals surface area contributed by atoms with Gasteiger partial charge in [-0.05, 0) is 66.8 Å². The zero-order valence-corrected chi connectivity index (χ0v) is 22.2. The standard InChI is InChI=1S/C31H39BrN2/c1-26(28-13-6-3-7-14-28)18-19-29(30-16-8-9-17-31(30)32)15-10-20-33-21-23-34(24-22-33)25-27-11-4-2-5-12-27/h2-9,11-14,16-17,26,29H,10,15,18-25H2,1H3. The molecule has 0 spiro atoms. The third-order valence-electron chi connectivity index (χ3n) is 7.40. The molecule has 1 heterocycles. The van der Waals surface area contributed by atoms with Gasteiger partial charge in [0.1, 0.15) is 0 Å². The largest absolute Gasteiger partial charge is 0.301 e. The summed E-state index contributed by atoms with van der Waals surface area (Å²) in [6.45, 7) is 9.41. The van der Waals surface area contributed by atoms with E-state index in [0.717, 1.165) is 6.54 Å². The van der Waals surface area contributed by atoms with Gasteiger partial charge in [-0.3, -0.25) is 4.90 Å². The van der Waals surface area contributed by atoms with Crippen LogP contribution in [0.3, 0.4) is 0 Å². The van der Waals surface area contributed by atoms with Crippen molar-refractivity contribution in [3.05, 3.63) is 106 Å². The lowest BCUT2D eigenvalue weighted by Gasteiger charge is -2.35. The lowest BCUT2D eigenvalue weighted by Crippen LogP contribution is -2.46. The molecule has 3 heteroatoms. The van der Waals surface area contributed by atoms with E-state index in [2.05, 4.69) is 118 Å². The molecule has 0 amide bonds. The molecule has 180 valence electrons. The molecule has 0 bridgehead atoms. The quantitative estimate of drug-likeness (QED) is 0.256. The van der Waals surface area contributed by atoms with Crippen molar-refractivity contribution >= 4 is 15.9 Å². The van der Waals surface area contributed by atoms with Crippen LogP contribution >= 0.6 is 15.9 Å². The van der Waals surface area contributed by atoms with Crippen molar-refractivity contribution in [2.24, 2.45) is 0 Å². The molecule has 1 aliphatic heterocycles. The van der Waals surface area contributed by atoms with Gasteiger partial charge < -0.3 is 4.90 Å². The fourth-order valence-electron chi connectivity index (χ4n) is 5.23. The van der Waals surface area contributed by atoms with Crippen LogP contribution in [0.25, 0.3) is 0 Å². The van der Waals surface area contributed by atoms with Gasteiger partial charge in [0.05, 0.1) is 0 Å².